The molecule has 1 aliphatic rings. The van der Waals surface area contributed by atoms with E-state index >= 15 is 0 Å². The maximum atomic E-state index is 12.4. The number of nitrogens with one attached hydrogen (secondary N) is 1. The zero-order valence-corrected chi connectivity index (χ0v) is 14.7. The van der Waals surface area contributed by atoms with Crippen molar-refractivity contribution in [2.24, 2.45) is 0 Å². The van der Waals surface area contributed by atoms with Gasteiger partial charge in [-0.25, -0.2) is 4.79 Å². The number of ether oxygens (including phenoxy) is 1. The smallest absolute Gasteiger partial charge is 0.373 e. The van der Waals surface area contributed by atoms with Crippen LogP contribution in [0.2, 0.25) is 0 Å². The number of esters is 1. The van der Waals surface area contributed by atoms with E-state index in [4.69, 9.17) is 4.42 Å². The first-order chi connectivity index (χ1) is 12.0. The van der Waals surface area contributed by atoms with Gasteiger partial charge in [0.25, 0.3) is 5.91 Å². The Morgan fingerprint density at radius 1 is 1.36 bits per heavy atom. The molecule has 1 atom stereocenters. The van der Waals surface area contributed by atoms with Crippen LogP contribution in [0.25, 0.3) is 0 Å². The molecule has 0 aliphatic carbocycles. The van der Waals surface area contributed by atoms with Crippen molar-refractivity contribution in [2.45, 2.75) is 26.3 Å². The van der Waals surface area contributed by atoms with E-state index in [2.05, 4.69) is 40.1 Å². The van der Waals surface area contributed by atoms with Crippen molar-refractivity contribution < 1.29 is 18.7 Å². The zero-order chi connectivity index (χ0) is 18.0. The van der Waals surface area contributed by atoms with Crippen LogP contribution in [0.5, 0.6) is 0 Å². The van der Waals surface area contributed by atoms with Crippen molar-refractivity contribution in [1.29, 1.82) is 0 Å². The van der Waals surface area contributed by atoms with Crippen molar-refractivity contribution in [2.75, 3.05) is 25.1 Å². The summed E-state index contributed by atoms with van der Waals surface area (Å²) in [5, 5.41) is 2.92. The normalized spacial score (nSPS) is 14.1. The summed E-state index contributed by atoms with van der Waals surface area (Å²) < 4.78 is 9.91. The van der Waals surface area contributed by atoms with Gasteiger partial charge in [0.1, 0.15) is 5.76 Å². The molecule has 1 amide bonds. The Hall–Kier alpha value is -2.76. The highest BCUT2D eigenvalue weighted by atomic mass is 16.5. The van der Waals surface area contributed by atoms with E-state index in [1.54, 1.807) is 6.92 Å². The van der Waals surface area contributed by atoms with Crippen LogP contribution in [0.4, 0.5) is 5.69 Å². The van der Waals surface area contributed by atoms with Crippen molar-refractivity contribution in [3.63, 3.8) is 0 Å². The summed E-state index contributed by atoms with van der Waals surface area (Å²) in [5.74, 6) is -0.413. The van der Waals surface area contributed by atoms with E-state index in [1.165, 1.54) is 24.4 Å². The van der Waals surface area contributed by atoms with Crippen molar-refractivity contribution in [3.8, 4) is 0 Å². The highest BCUT2D eigenvalue weighted by Gasteiger charge is 2.24. The molecule has 1 aromatic heterocycles. The number of anilines is 1. The summed E-state index contributed by atoms with van der Waals surface area (Å²) in [4.78, 5) is 26.2. The van der Waals surface area contributed by atoms with Crippen LogP contribution in [0.15, 0.2) is 34.7 Å². The fourth-order valence-electron chi connectivity index (χ4n) is 3.18. The van der Waals surface area contributed by atoms with Crippen molar-refractivity contribution in [1.82, 2.24) is 5.32 Å². The second-order valence-electron chi connectivity index (χ2n) is 6.20. The second-order valence-corrected chi connectivity index (χ2v) is 6.20. The molecule has 0 saturated heterocycles. The molecule has 0 bridgehead atoms. The lowest BCUT2D eigenvalue weighted by atomic mass is 10.1. The summed E-state index contributed by atoms with van der Waals surface area (Å²) in [6.07, 6.45) is 1.03. The molecule has 0 saturated carbocycles. The first-order valence-electron chi connectivity index (χ1n) is 8.32. The van der Waals surface area contributed by atoms with Crippen molar-refractivity contribution in [3.05, 3.63) is 53.0 Å². The number of rotatable bonds is 5. The molecule has 1 unspecified atom stereocenters. The Balaban J connectivity index is 1.63. The number of methoxy groups -OCH3 is 1. The number of aryl methyl sites for hydroxylation is 1. The third kappa shape index (κ3) is 3.38. The number of fused-ring (bicyclic) bond motifs is 1. The number of hydrogen-bond donors (Lipinski definition) is 1. The van der Waals surface area contributed by atoms with Gasteiger partial charge >= 0.3 is 5.97 Å². The van der Waals surface area contributed by atoms with Gasteiger partial charge in [-0.1, -0.05) is 18.2 Å². The van der Waals surface area contributed by atoms with Crippen LogP contribution in [0, 0.1) is 6.92 Å². The standard InChI is InChI=1S/C19H22N2O4/c1-12(21-9-8-14-6-4-5-7-16(14)21)11-20-18(22)15-10-17(19(23)24-3)25-13(15)2/h4-7,10,12H,8-9,11H2,1-3H3,(H,20,22). The van der Waals surface area contributed by atoms with Gasteiger partial charge in [-0.2, -0.15) is 0 Å². The number of nitrogens with zero attached hydrogens (tertiary/aromatic N) is 1. The van der Waals surface area contributed by atoms with Gasteiger partial charge < -0.3 is 19.4 Å². The predicted octanol–water partition coefficient (Wildman–Crippen LogP) is 2.56. The largest absolute Gasteiger partial charge is 0.463 e. The first kappa shape index (κ1) is 17.1. The third-order valence-corrected chi connectivity index (χ3v) is 4.56. The quantitative estimate of drug-likeness (QED) is 0.846. The Kier molecular flexibility index (Phi) is 4.79. The highest BCUT2D eigenvalue weighted by molar-refractivity contribution is 5.98. The number of furan rings is 1. The Bertz CT molecular complexity index is 796. The lowest BCUT2D eigenvalue weighted by Crippen LogP contribution is -2.41. The number of amides is 1. The summed E-state index contributed by atoms with van der Waals surface area (Å²) >= 11 is 0. The Morgan fingerprint density at radius 3 is 2.88 bits per heavy atom. The summed E-state index contributed by atoms with van der Waals surface area (Å²) in [6, 6.07) is 9.93. The highest BCUT2D eigenvalue weighted by Crippen LogP contribution is 2.28. The first-order valence-corrected chi connectivity index (χ1v) is 8.32. The SMILES string of the molecule is COC(=O)c1cc(C(=O)NCC(C)N2CCc3ccccc32)c(C)o1. The molecular weight excluding hydrogens is 320 g/mol. The van der Waals surface area contributed by atoms with Crippen LogP contribution in [-0.4, -0.2) is 38.1 Å². The molecular formula is C19H22N2O4. The molecule has 6 nitrogen and oxygen atoms in total. The third-order valence-electron chi connectivity index (χ3n) is 4.56. The van der Waals surface area contributed by atoms with Gasteiger partial charge in [0.05, 0.1) is 12.7 Å². The summed E-state index contributed by atoms with van der Waals surface area (Å²) in [7, 11) is 1.27. The van der Waals surface area contributed by atoms with Gasteiger partial charge in [0, 0.05) is 30.9 Å². The van der Waals surface area contributed by atoms with Gasteiger partial charge in [-0.3, -0.25) is 4.79 Å². The average molecular weight is 342 g/mol. The maximum absolute atomic E-state index is 12.4. The van der Waals surface area contributed by atoms with Crippen molar-refractivity contribution >= 4 is 17.6 Å². The number of benzene rings is 1. The van der Waals surface area contributed by atoms with E-state index in [0.717, 1.165) is 13.0 Å². The monoisotopic (exact) mass is 342 g/mol. The Labute approximate surface area is 146 Å². The van der Waals surface area contributed by atoms with E-state index < -0.39 is 5.97 Å². The van der Waals surface area contributed by atoms with E-state index in [1.807, 2.05) is 6.07 Å². The lowest BCUT2D eigenvalue weighted by Gasteiger charge is -2.27. The zero-order valence-electron chi connectivity index (χ0n) is 14.7. The van der Waals surface area contributed by atoms with Gasteiger partial charge in [0.15, 0.2) is 0 Å². The summed E-state index contributed by atoms with van der Waals surface area (Å²) in [6.45, 7) is 5.20. The molecule has 0 fully saturated rings. The number of carbonyl (C=O) groups is 2. The van der Waals surface area contributed by atoms with Crippen LogP contribution in [0.3, 0.4) is 0 Å². The Morgan fingerprint density at radius 2 is 2.12 bits per heavy atom. The molecule has 6 heteroatoms. The van der Waals surface area contributed by atoms with E-state index in [0.29, 0.717) is 17.9 Å². The molecule has 1 aromatic carbocycles. The average Bonchev–Trinajstić information content (AvgIpc) is 3.22. The fourth-order valence-corrected chi connectivity index (χ4v) is 3.18. The minimum Gasteiger partial charge on any atom is -0.463 e. The van der Waals surface area contributed by atoms with Gasteiger partial charge in [-0.05, 0) is 31.9 Å². The topological polar surface area (TPSA) is 71.8 Å². The molecule has 2 heterocycles. The maximum Gasteiger partial charge on any atom is 0.373 e. The second kappa shape index (κ2) is 7.01. The van der Waals surface area contributed by atoms with Gasteiger partial charge in [0.2, 0.25) is 5.76 Å². The fraction of sp³-hybridized carbons (Fsp3) is 0.368. The lowest BCUT2D eigenvalue weighted by molar-refractivity contribution is 0.0563. The summed E-state index contributed by atoms with van der Waals surface area (Å²) in [5.41, 5.74) is 2.93. The number of hydrogen-bond acceptors (Lipinski definition) is 5. The molecule has 132 valence electrons. The molecule has 1 aliphatic heterocycles. The molecule has 1 N–H and O–H groups in total. The van der Waals surface area contributed by atoms with E-state index in [9.17, 15) is 9.59 Å². The molecule has 25 heavy (non-hydrogen) atoms. The molecule has 0 spiro atoms. The molecule has 3 rings (SSSR count). The van der Waals surface area contributed by atoms with Crippen LogP contribution in [0.1, 0.15) is 39.2 Å². The van der Waals surface area contributed by atoms with Crippen LogP contribution < -0.4 is 10.2 Å². The minimum atomic E-state index is -0.593. The predicted molar refractivity (Wildman–Crippen MR) is 94.1 cm³/mol. The number of carbonyl (C=O) groups excluding carboxylic acids is 2. The molecule has 0 radical (unpaired) electrons. The molecule has 2 aromatic rings. The minimum absolute atomic E-state index is 0.0340. The number of para-hydroxylation sites is 1. The van der Waals surface area contributed by atoms with Crippen LogP contribution >= 0.6 is 0 Å². The van der Waals surface area contributed by atoms with Gasteiger partial charge in [-0.15, -0.1) is 0 Å². The van der Waals surface area contributed by atoms with E-state index in [-0.39, 0.29) is 17.7 Å². The van der Waals surface area contributed by atoms with Crippen LogP contribution in [-0.2, 0) is 11.2 Å².